The Morgan fingerprint density at radius 2 is 1.96 bits per heavy atom. The largest absolute Gasteiger partial charge is 0.508 e. The van der Waals surface area contributed by atoms with E-state index in [0.29, 0.717) is 36.7 Å². The van der Waals surface area contributed by atoms with Crippen LogP contribution in [0.15, 0.2) is 59.1 Å². The van der Waals surface area contributed by atoms with Gasteiger partial charge in [0.15, 0.2) is 0 Å². The van der Waals surface area contributed by atoms with E-state index in [1.54, 1.807) is 18.2 Å². The lowest BCUT2D eigenvalue weighted by Crippen LogP contribution is -2.11. The van der Waals surface area contributed by atoms with Crippen molar-refractivity contribution in [1.82, 2.24) is 10.1 Å². The van der Waals surface area contributed by atoms with E-state index in [2.05, 4.69) is 15.5 Å². The van der Waals surface area contributed by atoms with E-state index < -0.39 is 0 Å². The number of nitrogens with one attached hydrogen (secondary N) is 1. The highest BCUT2D eigenvalue weighted by atomic mass is 16.5. The number of hydrogen-bond acceptors (Lipinski definition) is 5. The number of aromatic hydroxyl groups is 1. The Balaban J connectivity index is 1.48. The van der Waals surface area contributed by atoms with Crippen LogP contribution in [0, 0.1) is 0 Å². The first-order valence-corrected chi connectivity index (χ1v) is 7.67. The highest BCUT2D eigenvalue weighted by Crippen LogP contribution is 2.17. The third-order valence-electron chi connectivity index (χ3n) is 3.42. The number of amides is 1. The zero-order chi connectivity index (χ0) is 16.8. The van der Waals surface area contributed by atoms with Crippen molar-refractivity contribution in [2.45, 2.75) is 19.3 Å². The molecule has 0 spiro atoms. The Morgan fingerprint density at radius 3 is 2.75 bits per heavy atom. The number of phenolic OH excluding ortho intramolecular Hbond substituents is 1. The third kappa shape index (κ3) is 4.19. The van der Waals surface area contributed by atoms with Crippen molar-refractivity contribution in [1.29, 1.82) is 0 Å². The molecule has 1 aromatic heterocycles. The maximum atomic E-state index is 11.9. The molecule has 0 aliphatic rings. The lowest BCUT2D eigenvalue weighted by atomic mass is 10.2. The van der Waals surface area contributed by atoms with Crippen LogP contribution in [0.4, 0.5) is 5.69 Å². The van der Waals surface area contributed by atoms with Gasteiger partial charge in [0.2, 0.25) is 17.6 Å². The lowest BCUT2D eigenvalue weighted by molar-refractivity contribution is -0.116. The van der Waals surface area contributed by atoms with Gasteiger partial charge in [-0.2, -0.15) is 4.98 Å². The average Bonchev–Trinajstić information content (AvgIpc) is 3.04. The van der Waals surface area contributed by atoms with Gasteiger partial charge < -0.3 is 14.9 Å². The van der Waals surface area contributed by atoms with Gasteiger partial charge in [-0.1, -0.05) is 41.6 Å². The number of aromatic nitrogens is 2. The number of phenols is 1. The predicted molar refractivity (Wildman–Crippen MR) is 89.4 cm³/mol. The molecular formula is C18H17N3O3. The molecule has 122 valence electrons. The molecule has 0 aliphatic heterocycles. The van der Waals surface area contributed by atoms with E-state index in [9.17, 15) is 9.90 Å². The van der Waals surface area contributed by atoms with Gasteiger partial charge in [-0.05, 0) is 18.6 Å². The molecule has 1 amide bonds. The second-order valence-electron chi connectivity index (χ2n) is 5.33. The number of aryl methyl sites for hydroxylation is 1. The molecule has 2 N–H and O–H groups in total. The standard InChI is InChI=1S/C18H17N3O3/c22-15-9-4-8-14(12-15)19-16(23)10-5-11-17-20-18(21-24-17)13-6-2-1-3-7-13/h1-4,6-9,12,22H,5,10-11H2,(H,19,23). The van der Waals surface area contributed by atoms with E-state index in [0.717, 1.165) is 5.56 Å². The van der Waals surface area contributed by atoms with Gasteiger partial charge in [0.05, 0.1) is 0 Å². The number of anilines is 1. The molecule has 0 atom stereocenters. The van der Waals surface area contributed by atoms with Gasteiger partial charge in [-0.3, -0.25) is 4.79 Å². The Labute approximate surface area is 139 Å². The van der Waals surface area contributed by atoms with Gasteiger partial charge in [0.1, 0.15) is 5.75 Å². The lowest BCUT2D eigenvalue weighted by Gasteiger charge is -2.04. The number of carbonyl (C=O) groups excluding carboxylic acids is 1. The van der Waals surface area contributed by atoms with Crippen LogP contribution >= 0.6 is 0 Å². The first-order chi connectivity index (χ1) is 11.7. The van der Waals surface area contributed by atoms with Crippen LogP contribution in [-0.2, 0) is 11.2 Å². The van der Waals surface area contributed by atoms with Gasteiger partial charge in [0.25, 0.3) is 0 Å². The SMILES string of the molecule is O=C(CCCc1nc(-c2ccccc2)no1)Nc1cccc(O)c1. The van der Waals surface area contributed by atoms with Crippen molar-refractivity contribution < 1.29 is 14.4 Å². The fourth-order valence-electron chi connectivity index (χ4n) is 2.27. The number of rotatable bonds is 6. The minimum absolute atomic E-state index is 0.118. The summed E-state index contributed by atoms with van der Waals surface area (Å²) in [5, 5.41) is 16.0. The summed E-state index contributed by atoms with van der Waals surface area (Å²) in [5.41, 5.74) is 1.47. The topological polar surface area (TPSA) is 88.2 Å². The Hall–Kier alpha value is -3.15. The number of benzene rings is 2. The van der Waals surface area contributed by atoms with E-state index in [1.165, 1.54) is 6.07 Å². The molecule has 0 saturated heterocycles. The Bertz CT molecular complexity index is 815. The summed E-state index contributed by atoms with van der Waals surface area (Å²) in [5.74, 6) is 1.06. The van der Waals surface area contributed by atoms with Crippen molar-refractivity contribution in [3.63, 3.8) is 0 Å². The fourth-order valence-corrected chi connectivity index (χ4v) is 2.27. The van der Waals surface area contributed by atoms with E-state index in [4.69, 9.17) is 4.52 Å². The van der Waals surface area contributed by atoms with Crippen molar-refractivity contribution >= 4 is 11.6 Å². The fraction of sp³-hybridized carbons (Fsp3) is 0.167. The van der Waals surface area contributed by atoms with Crippen LogP contribution in [-0.4, -0.2) is 21.2 Å². The minimum Gasteiger partial charge on any atom is -0.508 e. The quantitative estimate of drug-likeness (QED) is 0.726. The Kier molecular flexibility index (Phi) is 4.86. The third-order valence-corrected chi connectivity index (χ3v) is 3.42. The van der Waals surface area contributed by atoms with Crippen molar-refractivity contribution in [3.05, 3.63) is 60.5 Å². The van der Waals surface area contributed by atoms with Crippen LogP contribution < -0.4 is 5.32 Å². The average molecular weight is 323 g/mol. The summed E-state index contributed by atoms with van der Waals surface area (Å²) in [6, 6.07) is 16.0. The van der Waals surface area contributed by atoms with E-state index in [1.807, 2.05) is 30.3 Å². The van der Waals surface area contributed by atoms with Crippen LogP contribution in [0.3, 0.4) is 0 Å². The molecule has 0 unspecified atom stereocenters. The first kappa shape index (κ1) is 15.7. The second-order valence-corrected chi connectivity index (χ2v) is 5.33. The summed E-state index contributed by atoms with van der Waals surface area (Å²) >= 11 is 0. The maximum Gasteiger partial charge on any atom is 0.226 e. The zero-order valence-electron chi connectivity index (χ0n) is 13.0. The van der Waals surface area contributed by atoms with Gasteiger partial charge >= 0.3 is 0 Å². The molecule has 1 heterocycles. The van der Waals surface area contributed by atoms with Gasteiger partial charge in [-0.15, -0.1) is 0 Å². The molecule has 24 heavy (non-hydrogen) atoms. The molecule has 0 aliphatic carbocycles. The summed E-state index contributed by atoms with van der Waals surface area (Å²) in [6.07, 6.45) is 1.47. The van der Waals surface area contributed by atoms with Crippen LogP contribution in [0.5, 0.6) is 5.75 Å². The summed E-state index contributed by atoms with van der Waals surface area (Å²) in [6.45, 7) is 0. The van der Waals surface area contributed by atoms with E-state index in [-0.39, 0.29) is 11.7 Å². The molecule has 0 bridgehead atoms. The van der Waals surface area contributed by atoms with Crippen LogP contribution in [0.2, 0.25) is 0 Å². The van der Waals surface area contributed by atoms with E-state index >= 15 is 0 Å². The van der Waals surface area contributed by atoms with Gasteiger partial charge in [0, 0.05) is 30.2 Å². The molecule has 3 aromatic rings. The molecule has 6 heteroatoms. The molecule has 0 saturated carbocycles. The van der Waals surface area contributed by atoms with Crippen LogP contribution in [0.1, 0.15) is 18.7 Å². The van der Waals surface area contributed by atoms with Crippen LogP contribution in [0.25, 0.3) is 11.4 Å². The summed E-state index contributed by atoms with van der Waals surface area (Å²) < 4.78 is 5.21. The normalized spacial score (nSPS) is 10.5. The second kappa shape index (κ2) is 7.41. The minimum atomic E-state index is -0.122. The smallest absolute Gasteiger partial charge is 0.226 e. The van der Waals surface area contributed by atoms with Gasteiger partial charge in [-0.25, -0.2) is 0 Å². The zero-order valence-corrected chi connectivity index (χ0v) is 13.0. The van der Waals surface area contributed by atoms with Crippen molar-refractivity contribution in [2.75, 3.05) is 5.32 Å². The summed E-state index contributed by atoms with van der Waals surface area (Å²) in [4.78, 5) is 16.2. The number of nitrogens with zero attached hydrogens (tertiary/aromatic N) is 2. The Morgan fingerprint density at radius 1 is 1.12 bits per heavy atom. The summed E-state index contributed by atoms with van der Waals surface area (Å²) in [7, 11) is 0. The number of carbonyl (C=O) groups is 1. The van der Waals surface area contributed by atoms with Crippen molar-refractivity contribution in [3.8, 4) is 17.1 Å². The molecule has 0 fully saturated rings. The molecule has 6 nitrogen and oxygen atoms in total. The maximum absolute atomic E-state index is 11.9. The van der Waals surface area contributed by atoms with Crippen molar-refractivity contribution in [2.24, 2.45) is 0 Å². The molecule has 2 aromatic carbocycles. The monoisotopic (exact) mass is 323 g/mol. The predicted octanol–water partition coefficient (Wildman–Crippen LogP) is 3.40. The molecular weight excluding hydrogens is 306 g/mol. The number of hydrogen-bond donors (Lipinski definition) is 2. The first-order valence-electron chi connectivity index (χ1n) is 7.67. The molecule has 0 radical (unpaired) electrons. The molecule has 3 rings (SSSR count). The highest BCUT2D eigenvalue weighted by Gasteiger charge is 2.09. The highest BCUT2D eigenvalue weighted by molar-refractivity contribution is 5.90.